The van der Waals surface area contributed by atoms with E-state index in [1.807, 2.05) is 55.1 Å². The van der Waals surface area contributed by atoms with Crippen molar-refractivity contribution in [3.8, 4) is 11.1 Å². The predicted molar refractivity (Wildman–Crippen MR) is 95.8 cm³/mol. The zero-order valence-electron chi connectivity index (χ0n) is 13.9. The fourth-order valence-electron chi connectivity index (χ4n) is 2.64. The van der Waals surface area contributed by atoms with E-state index in [0.29, 0.717) is 5.56 Å². The average molecular weight is 319 g/mol. The first kappa shape index (κ1) is 16.0. The SMILES string of the molecule is CC(C)NC(=O)c1ccccc1-c1ccc(Cn2cccn2)cc1. The third-order valence-corrected chi connectivity index (χ3v) is 3.76. The molecule has 2 aromatic carbocycles. The van der Waals surface area contributed by atoms with E-state index < -0.39 is 0 Å². The van der Waals surface area contributed by atoms with E-state index in [1.54, 1.807) is 6.20 Å². The summed E-state index contributed by atoms with van der Waals surface area (Å²) in [6.45, 7) is 4.66. The number of hydrogen-bond acceptors (Lipinski definition) is 2. The summed E-state index contributed by atoms with van der Waals surface area (Å²) < 4.78 is 1.89. The maximum absolute atomic E-state index is 12.4. The summed E-state index contributed by atoms with van der Waals surface area (Å²) >= 11 is 0. The Hall–Kier alpha value is -2.88. The van der Waals surface area contributed by atoms with Crippen molar-refractivity contribution in [2.75, 3.05) is 0 Å². The van der Waals surface area contributed by atoms with E-state index in [2.05, 4.69) is 34.7 Å². The fraction of sp³-hybridized carbons (Fsp3) is 0.200. The first-order valence-corrected chi connectivity index (χ1v) is 8.10. The molecule has 0 aliphatic carbocycles. The monoisotopic (exact) mass is 319 g/mol. The number of aromatic nitrogens is 2. The van der Waals surface area contributed by atoms with E-state index in [9.17, 15) is 4.79 Å². The van der Waals surface area contributed by atoms with Gasteiger partial charge in [0.05, 0.1) is 6.54 Å². The highest BCUT2D eigenvalue weighted by molar-refractivity contribution is 6.01. The number of hydrogen-bond donors (Lipinski definition) is 1. The highest BCUT2D eigenvalue weighted by atomic mass is 16.1. The molecule has 0 saturated carbocycles. The van der Waals surface area contributed by atoms with E-state index in [1.165, 1.54) is 5.56 Å². The number of benzene rings is 2. The van der Waals surface area contributed by atoms with Gasteiger partial charge in [-0.05, 0) is 42.7 Å². The van der Waals surface area contributed by atoms with Gasteiger partial charge in [0.2, 0.25) is 0 Å². The number of nitrogens with zero attached hydrogens (tertiary/aromatic N) is 2. The van der Waals surface area contributed by atoms with Crippen LogP contribution in [0.5, 0.6) is 0 Å². The minimum atomic E-state index is -0.0405. The Kier molecular flexibility index (Phi) is 4.75. The number of carbonyl (C=O) groups excluding carboxylic acids is 1. The van der Waals surface area contributed by atoms with Crippen LogP contribution in [0.1, 0.15) is 29.8 Å². The summed E-state index contributed by atoms with van der Waals surface area (Å²) in [4.78, 5) is 12.4. The standard InChI is InChI=1S/C20H21N3O/c1-15(2)22-20(24)19-7-4-3-6-18(19)17-10-8-16(9-11-17)14-23-13-5-12-21-23/h3-13,15H,14H2,1-2H3,(H,22,24). The molecule has 122 valence electrons. The van der Waals surface area contributed by atoms with Crippen LogP contribution >= 0.6 is 0 Å². The molecule has 0 atom stereocenters. The van der Waals surface area contributed by atoms with Gasteiger partial charge in [0.15, 0.2) is 0 Å². The molecule has 1 amide bonds. The summed E-state index contributed by atoms with van der Waals surface area (Å²) in [5.74, 6) is -0.0405. The molecule has 0 aliphatic heterocycles. The third-order valence-electron chi connectivity index (χ3n) is 3.76. The van der Waals surface area contributed by atoms with Gasteiger partial charge in [0.1, 0.15) is 0 Å². The Bertz CT molecular complexity index is 805. The highest BCUT2D eigenvalue weighted by Crippen LogP contribution is 2.24. The molecule has 3 rings (SSSR count). The van der Waals surface area contributed by atoms with Gasteiger partial charge in [0, 0.05) is 24.0 Å². The molecule has 0 radical (unpaired) electrons. The van der Waals surface area contributed by atoms with Crippen LogP contribution in [0, 0.1) is 0 Å². The second-order valence-corrected chi connectivity index (χ2v) is 6.07. The van der Waals surface area contributed by atoms with Crippen LogP contribution in [0.2, 0.25) is 0 Å². The summed E-state index contributed by atoms with van der Waals surface area (Å²) in [5, 5.41) is 7.18. The van der Waals surface area contributed by atoms with Crippen molar-refractivity contribution in [2.24, 2.45) is 0 Å². The Morgan fingerprint density at radius 3 is 2.50 bits per heavy atom. The third kappa shape index (κ3) is 3.71. The molecule has 1 N–H and O–H groups in total. The molecule has 4 heteroatoms. The molecule has 1 aromatic heterocycles. The molecule has 0 bridgehead atoms. The number of rotatable bonds is 5. The first-order valence-electron chi connectivity index (χ1n) is 8.10. The van der Waals surface area contributed by atoms with Crippen molar-refractivity contribution < 1.29 is 4.79 Å². The van der Waals surface area contributed by atoms with Crippen molar-refractivity contribution >= 4 is 5.91 Å². The Labute approximate surface area is 142 Å². The molecule has 0 saturated heterocycles. The van der Waals surface area contributed by atoms with Gasteiger partial charge in [-0.15, -0.1) is 0 Å². The van der Waals surface area contributed by atoms with Gasteiger partial charge < -0.3 is 5.32 Å². The van der Waals surface area contributed by atoms with Crippen LogP contribution in [0.25, 0.3) is 11.1 Å². The smallest absolute Gasteiger partial charge is 0.252 e. The highest BCUT2D eigenvalue weighted by Gasteiger charge is 2.13. The Balaban J connectivity index is 1.85. The maximum Gasteiger partial charge on any atom is 0.252 e. The average Bonchev–Trinajstić information content (AvgIpc) is 3.08. The number of nitrogens with one attached hydrogen (secondary N) is 1. The van der Waals surface area contributed by atoms with Gasteiger partial charge in [-0.25, -0.2) is 0 Å². The van der Waals surface area contributed by atoms with Crippen LogP contribution in [0.4, 0.5) is 0 Å². The van der Waals surface area contributed by atoms with Crippen LogP contribution in [-0.2, 0) is 6.54 Å². The summed E-state index contributed by atoms with van der Waals surface area (Å²) in [7, 11) is 0. The van der Waals surface area contributed by atoms with Gasteiger partial charge in [-0.1, -0.05) is 42.5 Å². The summed E-state index contributed by atoms with van der Waals surface area (Å²) in [6.07, 6.45) is 3.72. The molecule has 0 spiro atoms. The number of amides is 1. The topological polar surface area (TPSA) is 46.9 Å². The zero-order chi connectivity index (χ0) is 16.9. The predicted octanol–water partition coefficient (Wildman–Crippen LogP) is 3.74. The number of carbonyl (C=O) groups is 1. The lowest BCUT2D eigenvalue weighted by atomic mass is 9.98. The lowest BCUT2D eigenvalue weighted by Crippen LogP contribution is -2.30. The fourth-order valence-corrected chi connectivity index (χ4v) is 2.64. The van der Waals surface area contributed by atoms with E-state index in [0.717, 1.165) is 17.7 Å². The van der Waals surface area contributed by atoms with Crippen molar-refractivity contribution in [1.82, 2.24) is 15.1 Å². The molecule has 1 heterocycles. The van der Waals surface area contributed by atoms with Gasteiger partial charge in [-0.2, -0.15) is 5.10 Å². The van der Waals surface area contributed by atoms with Crippen LogP contribution in [-0.4, -0.2) is 21.7 Å². The molecule has 24 heavy (non-hydrogen) atoms. The van der Waals surface area contributed by atoms with Crippen LogP contribution < -0.4 is 5.32 Å². The minimum Gasteiger partial charge on any atom is -0.350 e. The zero-order valence-corrected chi connectivity index (χ0v) is 13.9. The Morgan fingerprint density at radius 1 is 1.08 bits per heavy atom. The quantitative estimate of drug-likeness (QED) is 0.779. The second-order valence-electron chi connectivity index (χ2n) is 6.07. The largest absolute Gasteiger partial charge is 0.350 e. The van der Waals surface area contributed by atoms with Crippen molar-refractivity contribution in [2.45, 2.75) is 26.4 Å². The molecule has 3 aromatic rings. The second kappa shape index (κ2) is 7.13. The minimum absolute atomic E-state index is 0.0405. The van der Waals surface area contributed by atoms with E-state index >= 15 is 0 Å². The van der Waals surface area contributed by atoms with Crippen molar-refractivity contribution in [1.29, 1.82) is 0 Å². The van der Waals surface area contributed by atoms with Crippen molar-refractivity contribution in [3.63, 3.8) is 0 Å². The molecule has 0 aliphatic rings. The van der Waals surface area contributed by atoms with Crippen LogP contribution in [0.15, 0.2) is 67.0 Å². The maximum atomic E-state index is 12.4. The van der Waals surface area contributed by atoms with E-state index in [4.69, 9.17) is 0 Å². The summed E-state index contributed by atoms with van der Waals surface area (Å²) in [5.41, 5.74) is 3.85. The lowest BCUT2D eigenvalue weighted by molar-refractivity contribution is 0.0944. The van der Waals surface area contributed by atoms with Crippen LogP contribution in [0.3, 0.4) is 0 Å². The molecular formula is C20H21N3O. The molecular weight excluding hydrogens is 298 g/mol. The molecule has 0 unspecified atom stereocenters. The molecule has 4 nitrogen and oxygen atoms in total. The normalized spacial score (nSPS) is 10.8. The van der Waals surface area contributed by atoms with Gasteiger partial charge in [0.25, 0.3) is 5.91 Å². The lowest BCUT2D eigenvalue weighted by Gasteiger charge is -2.13. The van der Waals surface area contributed by atoms with Gasteiger partial charge in [-0.3, -0.25) is 9.48 Å². The Morgan fingerprint density at radius 2 is 1.83 bits per heavy atom. The molecule has 0 fully saturated rings. The van der Waals surface area contributed by atoms with Gasteiger partial charge >= 0.3 is 0 Å². The van der Waals surface area contributed by atoms with Crippen molar-refractivity contribution in [3.05, 3.63) is 78.1 Å². The first-order chi connectivity index (χ1) is 11.6. The van der Waals surface area contributed by atoms with E-state index in [-0.39, 0.29) is 11.9 Å². The summed E-state index contributed by atoms with van der Waals surface area (Å²) in [6, 6.07) is 18.0.